The van der Waals surface area contributed by atoms with Gasteiger partial charge >= 0.3 is 0 Å². The minimum absolute atomic E-state index is 0.722. The van der Waals surface area contributed by atoms with Crippen LogP contribution in [0.5, 0.6) is 5.75 Å². The Morgan fingerprint density at radius 3 is 2.96 bits per heavy atom. The van der Waals surface area contributed by atoms with Crippen molar-refractivity contribution in [2.45, 2.75) is 31.2 Å². The summed E-state index contributed by atoms with van der Waals surface area (Å²) in [5.41, 5.74) is 3.02. The van der Waals surface area contributed by atoms with Crippen molar-refractivity contribution in [2.24, 2.45) is 0 Å². The molecule has 23 heavy (non-hydrogen) atoms. The number of tetrazole rings is 1. The van der Waals surface area contributed by atoms with E-state index in [1.54, 1.807) is 34.9 Å². The van der Waals surface area contributed by atoms with Gasteiger partial charge in [-0.25, -0.2) is 4.98 Å². The summed E-state index contributed by atoms with van der Waals surface area (Å²) in [5, 5.41) is 16.0. The van der Waals surface area contributed by atoms with Gasteiger partial charge in [0.25, 0.3) is 0 Å². The zero-order valence-corrected chi connectivity index (χ0v) is 14.8. The van der Waals surface area contributed by atoms with E-state index in [0.29, 0.717) is 0 Å². The molecule has 0 radical (unpaired) electrons. The number of thiazole rings is 1. The molecule has 6 nitrogen and oxygen atoms in total. The Morgan fingerprint density at radius 2 is 2.22 bits per heavy atom. The predicted octanol–water partition coefficient (Wildman–Crippen LogP) is 3.29. The van der Waals surface area contributed by atoms with E-state index in [9.17, 15) is 0 Å². The highest BCUT2D eigenvalue weighted by atomic mass is 32.2. The summed E-state index contributed by atoms with van der Waals surface area (Å²) in [5.74, 6) is 1.48. The van der Waals surface area contributed by atoms with Gasteiger partial charge in [-0.3, -0.25) is 0 Å². The molecular weight excluding hydrogens is 330 g/mol. The Labute approximate surface area is 142 Å². The molecular formula is C15H17N5OS2. The Bertz CT molecular complexity index is 799. The molecule has 3 aromatic rings. The minimum atomic E-state index is 0.722. The highest BCUT2D eigenvalue weighted by Crippen LogP contribution is 2.28. The van der Waals surface area contributed by atoms with E-state index < -0.39 is 0 Å². The molecule has 2 aromatic heterocycles. The Hall–Kier alpha value is -1.93. The minimum Gasteiger partial charge on any atom is -0.494 e. The summed E-state index contributed by atoms with van der Waals surface area (Å²) in [6.07, 6.45) is 0.966. The molecule has 0 aliphatic heterocycles. The number of nitrogens with zero attached hydrogens (tertiary/aromatic N) is 5. The normalized spacial score (nSPS) is 10.9. The molecule has 0 saturated heterocycles. The maximum atomic E-state index is 5.42. The summed E-state index contributed by atoms with van der Waals surface area (Å²) in [7, 11) is 1.65. The van der Waals surface area contributed by atoms with E-state index in [1.165, 1.54) is 0 Å². The van der Waals surface area contributed by atoms with Crippen LogP contribution in [0.2, 0.25) is 0 Å². The monoisotopic (exact) mass is 347 g/mol. The molecule has 0 unspecified atom stereocenters. The van der Waals surface area contributed by atoms with Crippen molar-refractivity contribution in [3.8, 4) is 11.4 Å². The van der Waals surface area contributed by atoms with E-state index >= 15 is 0 Å². The zero-order valence-electron chi connectivity index (χ0n) is 13.2. The molecule has 0 N–H and O–H groups in total. The zero-order chi connectivity index (χ0) is 16.2. The summed E-state index contributed by atoms with van der Waals surface area (Å²) < 4.78 is 7.14. The molecule has 3 rings (SSSR count). The van der Waals surface area contributed by atoms with Crippen molar-refractivity contribution >= 4 is 23.1 Å². The molecule has 1 aromatic carbocycles. The van der Waals surface area contributed by atoms with Crippen LogP contribution in [-0.2, 0) is 12.2 Å². The van der Waals surface area contributed by atoms with Crippen molar-refractivity contribution in [1.29, 1.82) is 0 Å². The first-order chi connectivity index (χ1) is 11.2. The van der Waals surface area contributed by atoms with E-state index in [4.69, 9.17) is 4.74 Å². The fraction of sp³-hybridized carbons (Fsp3) is 0.333. The smallest absolute Gasteiger partial charge is 0.214 e. The van der Waals surface area contributed by atoms with Crippen molar-refractivity contribution in [3.63, 3.8) is 0 Å². The van der Waals surface area contributed by atoms with Gasteiger partial charge in [0.2, 0.25) is 5.16 Å². The molecule has 0 amide bonds. The van der Waals surface area contributed by atoms with Crippen LogP contribution in [0.4, 0.5) is 0 Å². The summed E-state index contributed by atoms with van der Waals surface area (Å²) in [6.45, 7) is 4.14. The van der Waals surface area contributed by atoms with Crippen molar-refractivity contribution in [2.75, 3.05) is 7.11 Å². The number of hydrogen-bond acceptors (Lipinski definition) is 7. The van der Waals surface area contributed by atoms with Crippen LogP contribution in [0.15, 0.2) is 28.7 Å². The van der Waals surface area contributed by atoms with E-state index in [2.05, 4.69) is 32.8 Å². The first kappa shape index (κ1) is 15.9. The Kier molecular flexibility index (Phi) is 4.92. The lowest BCUT2D eigenvalue weighted by atomic mass is 10.2. The third-order valence-electron chi connectivity index (χ3n) is 3.25. The number of aryl methyl sites for hydroxylation is 2. The molecule has 0 aliphatic rings. The van der Waals surface area contributed by atoms with Crippen molar-refractivity contribution < 1.29 is 4.74 Å². The van der Waals surface area contributed by atoms with Crippen molar-refractivity contribution in [3.05, 3.63) is 39.8 Å². The highest BCUT2D eigenvalue weighted by molar-refractivity contribution is 7.98. The van der Waals surface area contributed by atoms with Crippen LogP contribution in [0.25, 0.3) is 5.69 Å². The lowest BCUT2D eigenvalue weighted by Gasteiger charge is -2.10. The van der Waals surface area contributed by atoms with Gasteiger partial charge in [-0.05, 0) is 41.5 Å². The maximum absolute atomic E-state index is 5.42. The molecule has 0 fully saturated rings. The predicted molar refractivity (Wildman–Crippen MR) is 91.5 cm³/mol. The van der Waals surface area contributed by atoms with Gasteiger partial charge in [0.1, 0.15) is 11.4 Å². The second-order valence-electron chi connectivity index (χ2n) is 4.92. The van der Waals surface area contributed by atoms with Gasteiger partial charge in [-0.1, -0.05) is 24.8 Å². The molecule has 0 atom stereocenters. The largest absolute Gasteiger partial charge is 0.494 e. The molecule has 120 valence electrons. The number of hydrogen-bond donors (Lipinski definition) is 0. The van der Waals surface area contributed by atoms with E-state index in [0.717, 1.165) is 45.0 Å². The number of thioether (sulfide) groups is 1. The Balaban J connectivity index is 1.83. The molecule has 0 saturated carbocycles. The van der Waals surface area contributed by atoms with Gasteiger partial charge < -0.3 is 4.74 Å². The van der Waals surface area contributed by atoms with Crippen LogP contribution in [0, 0.1) is 6.92 Å². The third kappa shape index (κ3) is 3.53. The second-order valence-corrected chi connectivity index (χ2v) is 6.81. The van der Waals surface area contributed by atoms with Crippen LogP contribution >= 0.6 is 23.1 Å². The molecule has 0 aliphatic carbocycles. The average Bonchev–Trinajstić information content (AvgIpc) is 3.21. The summed E-state index contributed by atoms with van der Waals surface area (Å²) in [4.78, 5) is 4.57. The first-order valence-electron chi connectivity index (χ1n) is 7.20. The molecule has 0 spiro atoms. The Morgan fingerprint density at radius 1 is 1.35 bits per heavy atom. The van der Waals surface area contributed by atoms with E-state index in [-0.39, 0.29) is 0 Å². The first-order valence-corrected chi connectivity index (χ1v) is 9.07. The number of aromatic nitrogens is 5. The molecule has 8 heteroatoms. The van der Waals surface area contributed by atoms with Gasteiger partial charge in [0.15, 0.2) is 0 Å². The van der Waals surface area contributed by atoms with Crippen molar-refractivity contribution in [1.82, 2.24) is 25.2 Å². The van der Waals surface area contributed by atoms with Crippen LogP contribution in [-0.4, -0.2) is 32.3 Å². The van der Waals surface area contributed by atoms with Gasteiger partial charge in [0, 0.05) is 11.1 Å². The quantitative estimate of drug-likeness (QED) is 0.638. The molecule has 0 bridgehead atoms. The number of benzene rings is 1. The van der Waals surface area contributed by atoms with Gasteiger partial charge in [-0.15, -0.1) is 16.4 Å². The average molecular weight is 347 g/mol. The maximum Gasteiger partial charge on any atom is 0.214 e. The standard InChI is InChI=1S/C15H17N5OS2/c1-4-14-16-11(8-22-14)9-23-15-17-18-19-20(15)12-7-10(2)5-6-13(12)21-3/h5-8H,4,9H2,1-3H3. The topological polar surface area (TPSA) is 65.7 Å². The van der Waals surface area contributed by atoms with Crippen LogP contribution < -0.4 is 4.74 Å². The van der Waals surface area contributed by atoms with Gasteiger partial charge in [-0.2, -0.15) is 4.68 Å². The summed E-state index contributed by atoms with van der Waals surface area (Å²) in [6, 6.07) is 5.94. The SMILES string of the molecule is CCc1nc(CSc2nnnn2-c2cc(C)ccc2OC)cs1. The van der Waals surface area contributed by atoms with Crippen LogP contribution in [0.1, 0.15) is 23.2 Å². The lowest BCUT2D eigenvalue weighted by molar-refractivity contribution is 0.410. The van der Waals surface area contributed by atoms with Gasteiger partial charge in [0.05, 0.1) is 17.8 Å². The molecule has 2 heterocycles. The van der Waals surface area contributed by atoms with E-state index in [1.807, 2.05) is 25.1 Å². The third-order valence-corrected chi connectivity index (χ3v) is 5.25. The number of ether oxygens (including phenoxy) is 1. The van der Waals surface area contributed by atoms with Crippen LogP contribution in [0.3, 0.4) is 0 Å². The highest BCUT2D eigenvalue weighted by Gasteiger charge is 2.14. The fourth-order valence-electron chi connectivity index (χ4n) is 2.10. The number of rotatable bonds is 6. The fourth-order valence-corrected chi connectivity index (χ4v) is 3.73. The summed E-state index contributed by atoms with van der Waals surface area (Å²) >= 11 is 3.26. The lowest BCUT2D eigenvalue weighted by Crippen LogP contribution is -2.02. The number of methoxy groups -OCH3 is 1. The second kappa shape index (κ2) is 7.10.